The van der Waals surface area contributed by atoms with Crippen LogP contribution in [0.3, 0.4) is 0 Å². The maximum atomic E-state index is 14.4. The zero-order valence-electron chi connectivity index (χ0n) is 16.7. The number of amides is 1. The predicted octanol–water partition coefficient (Wildman–Crippen LogP) is 4.10. The van der Waals surface area contributed by atoms with Crippen LogP contribution in [-0.4, -0.2) is 26.7 Å². The Bertz CT molecular complexity index is 1180. The second kappa shape index (κ2) is 7.33. The molecular formula is C21H20F2N6O. The molecule has 3 heterocycles. The number of fused-ring (bicyclic) bond motifs is 1. The first-order valence-corrected chi connectivity index (χ1v) is 9.33. The number of carbonyl (C=O) groups excluding carboxylic acids is 1. The van der Waals surface area contributed by atoms with E-state index >= 15 is 0 Å². The van der Waals surface area contributed by atoms with Crippen LogP contribution < -0.4 is 10.2 Å². The Labute approximate surface area is 171 Å². The summed E-state index contributed by atoms with van der Waals surface area (Å²) in [6, 6.07) is 4.94. The van der Waals surface area contributed by atoms with Gasteiger partial charge in [-0.15, -0.1) is 0 Å². The maximum Gasteiger partial charge on any atom is 0.229 e. The van der Waals surface area contributed by atoms with Crippen LogP contribution in [0.15, 0.2) is 53.9 Å². The number of nitrogens with zero attached hydrogens (tertiary/aromatic N) is 5. The minimum atomic E-state index is -0.823. The summed E-state index contributed by atoms with van der Waals surface area (Å²) in [7, 11) is 0. The van der Waals surface area contributed by atoms with Gasteiger partial charge in [0.05, 0.1) is 6.20 Å². The van der Waals surface area contributed by atoms with E-state index in [9.17, 15) is 13.6 Å². The van der Waals surface area contributed by atoms with Gasteiger partial charge in [-0.25, -0.2) is 18.3 Å². The number of hydrogen-bond acceptors (Lipinski definition) is 5. The minimum absolute atomic E-state index is 0.0899. The second-order valence-electron chi connectivity index (χ2n) is 7.90. The number of nitrogens with one attached hydrogen (secondary N) is 1. The molecule has 7 nitrogen and oxygen atoms in total. The number of hydrogen-bond donors (Lipinski definition) is 1. The van der Waals surface area contributed by atoms with E-state index in [0.717, 1.165) is 18.2 Å². The fraction of sp³-hybridized carbons (Fsp3) is 0.238. The number of anilines is 2. The summed E-state index contributed by atoms with van der Waals surface area (Å²) >= 11 is 0. The monoisotopic (exact) mass is 410 g/mol. The van der Waals surface area contributed by atoms with Gasteiger partial charge in [0.2, 0.25) is 5.91 Å². The first-order chi connectivity index (χ1) is 14.2. The van der Waals surface area contributed by atoms with Gasteiger partial charge in [0.1, 0.15) is 23.1 Å². The molecular weight excluding hydrogens is 390 g/mol. The molecule has 0 aliphatic carbocycles. The van der Waals surface area contributed by atoms with Gasteiger partial charge in [0.25, 0.3) is 0 Å². The van der Waals surface area contributed by atoms with Crippen LogP contribution >= 0.6 is 0 Å². The Kier molecular flexibility index (Phi) is 4.81. The van der Waals surface area contributed by atoms with E-state index in [-0.39, 0.29) is 11.5 Å². The second-order valence-corrected chi connectivity index (χ2v) is 7.90. The number of carbonyl (C=O) groups is 1. The molecule has 1 aliphatic rings. The van der Waals surface area contributed by atoms with Gasteiger partial charge in [-0.05, 0) is 30.3 Å². The molecule has 0 spiro atoms. The fourth-order valence-electron chi connectivity index (χ4n) is 2.96. The molecule has 0 bridgehead atoms. The Morgan fingerprint density at radius 2 is 2.00 bits per heavy atom. The summed E-state index contributed by atoms with van der Waals surface area (Å²) in [5.41, 5.74) is 0.379. The summed E-state index contributed by atoms with van der Waals surface area (Å²) in [4.78, 5) is 22.9. The summed E-state index contributed by atoms with van der Waals surface area (Å²) in [6.07, 6.45) is 7.26. The number of allylic oxidation sites excluding steroid dienone is 1. The Morgan fingerprint density at radius 1 is 1.20 bits per heavy atom. The van der Waals surface area contributed by atoms with Crippen molar-refractivity contribution in [3.63, 3.8) is 0 Å². The molecule has 0 unspecified atom stereocenters. The summed E-state index contributed by atoms with van der Waals surface area (Å²) in [5.74, 6) is -0.854. The van der Waals surface area contributed by atoms with Gasteiger partial charge in [-0.2, -0.15) is 5.10 Å². The number of aromatic nitrogens is 3. The molecule has 154 valence electrons. The molecule has 2 aromatic heterocycles. The first kappa shape index (κ1) is 19.7. The molecule has 0 saturated carbocycles. The highest BCUT2D eigenvalue weighted by Gasteiger charge is 2.26. The molecule has 1 aliphatic heterocycles. The van der Waals surface area contributed by atoms with E-state index < -0.39 is 23.2 Å². The average molecular weight is 410 g/mol. The third-order valence-corrected chi connectivity index (χ3v) is 4.61. The Balaban J connectivity index is 1.73. The average Bonchev–Trinajstić information content (AvgIpc) is 3.11. The van der Waals surface area contributed by atoms with Crippen molar-refractivity contribution in [2.75, 3.05) is 10.2 Å². The smallest absolute Gasteiger partial charge is 0.229 e. The van der Waals surface area contributed by atoms with Crippen LogP contribution in [0.1, 0.15) is 32.5 Å². The standard InChI is InChI=1S/C21H20F2N6O/c1-21(2,3)20(30)26-16-12-25-29-10-7-17(27-19(16)29)28-9-4-8-24-18(28)14-11-13(22)5-6-15(14)23/h4-12,18H,1-3H3,(H,26,30)/t18-/m1/s1. The predicted molar refractivity (Wildman–Crippen MR) is 110 cm³/mol. The maximum absolute atomic E-state index is 14.4. The first-order valence-electron chi connectivity index (χ1n) is 9.33. The lowest BCUT2D eigenvalue weighted by Crippen LogP contribution is -2.28. The summed E-state index contributed by atoms with van der Waals surface area (Å²) < 4.78 is 29.7. The van der Waals surface area contributed by atoms with E-state index in [1.807, 2.05) is 20.8 Å². The molecule has 3 aromatic rings. The molecule has 0 saturated heterocycles. The van der Waals surface area contributed by atoms with Crippen molar-refractivity contribution in [1.29, 1.82) is 0 Å². The Hall–Kier alpha value is -3.62. The van der Waals surface area contributed by atoms with E-state index in [1.54, 1.807) is 29.4 Å². The van der Waals surface area contributed by atoms with Crippen LogP contribution in [0.4, 0.5) is 20.3 Å². The third kappa shape index (κ3) is 3.66. The summed E-state index contributed by atoms with van der Waals surface area (Å²) in [5, 5.41) is 7.04. The third-order valence-electron chi connectivity index (χ3n) is 4.61. The topological polar surface area (TPSA) is 74.9 Å². The number of aliphatic imine (C=N–C) groups is 1. The molecule has 9 heteroatoms. The molecule has 1 amide bonds. The molecule has 30 heavy (non-hydrogen) atoms. The van der Waals surface area contributed by atoms with Crippen LogP contribution in [0, 0.1) is 17.0 Å². The van der Waals surface area contributed by atoms with Crippen LogP contribution in [-0.2, 0) is 4.79 Å². The normalized spacial score (nSPS) is 16.3. The quantitative estimate of drug-likeness (QED) is 0.706. The molecule has 4 rings (SSSR count). The number of benzene rings is 1. The lowest BCUT2D eigenvalue weighted by molar-refractivity contribution is -0.123. The minimum Gasteiger partial charge on any atom is -0.321 e. The van der Waals surface area contributed by atoms with Gasteiger partial charge in [-0.3, -0.25) is 9.79 Å². The largest absolute Gasteiger partial charge is 0.321 e. The van der Waals surface area contributed by atoms with Crippen molar-refractivity contribution in [2.24, 2.45) is 10.4 Å². The highest BCUT2D eigenvalue weighted by Crippen LogP contribution is 2.32. The van der Waals surface area contributed by atoms with Crippen molar-refractivity contribution in [3.8, 4) is 0 Å². The summed E-state index contributed by atoms with van der Waals surface area (Å²) in [6.45, 7) is 5.42. The molecule has 0 radical (unpaired) electrons. The van der Waals surface area contributed by atoms with Crippen LogP contribution in [0.25, 0.3) is 5.65 Å². The van der Waals surface area contributed by atoms with Crippen molar-refractivity contribution >= 4 is 29.3 Å². The molecule has 1 N–H and O–H groups in total. The van der Waals surface area contributed by atoms with Gasteiger partial charge in [0, 0.05) is 29.6 Å². The van der Waals surface area contributed by atoms with Gasteiger partial charge < -0.3 is 10.2 Å². The zero-order valence-corrected chi connectivity index (χ0v) is 16.7. The van der Waals surface area contributed by atoms with Crippen molar-refractivity contribution in [2.45, 2.75) is 26.9 Å². The van der Waals surface area contributed by atoms with Crippen molar-refractivity contribution in [1.82, 2.24) is 14.6 Å². The SMILES string of the molecule is CC(C)(C)C(=O)Nc1cnn2ccc(N3C=CC=N[C@H]3c3cc(F)ccc3F)nc12. The van der Waals surface area contributed by atoms with Gasteiger partial charge in [-0.1, -0.05) is 20.8 Å². The van der Waals surface area contributed by atoms with E-state index in [2.05, 4.69) is 20.4 Å². The van der Waals surface area contributed by atoms with Crippen molar-refractivity contribution in [3.05, 3.63) is 66.1 Å². The number of rotatable bonds is 3. The van der Waals surface area contributed by atoms with Gasteiger partial charge in [0.15, 0.2) is 11.8 Å². The number of halogens is 2. The highest BCUT2D eigenvalue weighted by atomic mass is 19.1. The van der Waals surface area contributed by atoms with E-state index in [1.165, 1.54) is 16.9 Å². The molecule has 1 atom stereocenters. The zero-order chi connectivity index (χ0) is 21.5. The Morgan fingerprint density at radius 3 is 2.77 bits per heavy atom. The molecule has 0 fully saturated rings. The van der Waals surface area contributed by atoms with Gasteiger partial charge >= 0.3 is 0 Å². The van der Waals surface area contributed by atoms with Crippen LogP contribution in [0.2, 0.25) is 0 Å². The van der Waals surface area contributed by atoms with Crippen molar-refractivity contribution < 1.29 is 13.6 Å². The van der Waals surface area contributed by atoms with E-state index in [4.69, 9.17) is 0 Å². The molecule has 1 aromatic carbocycles. The lowest BCUT2D eigenvalue weighted by Gasteiger charge is -2.29. The van der Waals surface area contributed by atoms with E-state index in [0.29, 0.717) is 17.2 Å². The van der Waals surface area contributed by atoms with Crippen LogP contribution in [0.5, 0.6) is 0 Å². The highest BCUT2D eigenvalue weighted by molar-refractivity contribution is 5.97. The lowest BCUT2D eigenvalue weighted by atomic mass is 9.96. The fourth-order valence-corrected chi connectivity index (χ4v) is 2.96.